The van der Waals surface area contributed by atoms with Crippen molar-refractivity contribution in [1.82, 2.24) is 35.0 Å². The van der Waals surface area contributed by atoms with Gasteiger partial charge in [0.15, 0.2) is 0 Å². The maximum absolute atomic E-state index is 11.6. The van der Waals surface area contributed by atoms with Crippen LogP contribution in [0.25, 0.3) is 5.95 Å². The van der Waals surface area contributed by atoms with Gasteiger partial charge in [-0.1, -0.05) is 0 Å². The number of carbonyl (C=O) groups is 1. The number of aromatic nitrogens is 6. The molecule has 2 heterocycles. The van der Waals surface area contributed by atoms with Crippen LogP contribution >= 0.6 is 11.6 Å². The highest BCUT2D eigenvalue weighted by Crippen LogP contribution is 2.09. The van der Waals surface area contributed by atoms with Crippen LogP contribution in [0.3, 0.4) is 0 Å². The van der Waals surface area contributed by atoms with Crippen molar-refractivity contribution in [1.29, 1.82) is 0 Å². The van der Waals surface area contributed by atoms with E-state index in [9.17, 15) is 4.79 Å². The van der Waals surface area contributed by atoms with Crippen LogP contribution in [-0.4, -0.2) is 48.2 Å². The van der Waals surface area contributed by atoms with Crippen molar-refractivity contribution >= 4 is 23.5 Å². The molecule has 0 aromatic carbocycles. The number of anilines is 1. The first-order valence-corrected chi connectivity index (χ1v) is 6.28. The summed E-state index contributed by atoms with van der Waals surface area (Å²) < 4.78 is 1.34. The molecule has 0 aliphatic rings. The average molecular weight is 297 g/mol. The molecule has 2 aromatic heterocycles. The van der Waals surface area contributed by atoms with E-state index in [1.54, 1.807) is 6.92 Å². The number of carbonyl (C=O) groups excluding carboxylic acids is 1. The Balaban J connectivity index is 2.18. The Morgan fingerprint density at radius 2 is 2.25 bits per heavy atom. The number of likely N-dealkylation sites (N-methyl/N-ethyl adjacent to an activating group) is 1. The number of nitrogens with zero attached hydrogens (tertiary/aromatic N) is 6. The van der Waals surface area contributed by atoms with Crippen LogP contribution in [0.2, 0.25) is 5.28 Å². The molecule has 2 rings (SSSR count). The summed E-state index contributed by atoms with van der Waals surface area (Å²) in [5, 5.41) is 9.43. The number of rotatable bonds is 5. The van der Waals surface area contributed by atoms with Gasteiger partial charge in [-0.15, -0.1) is 0 Å². The molecule has 1 unspecified atom stereocenters. The first-order chi connectivity index (χ1) is 9.60. The van der Waals surface area contributed by atoms with Crippen molar-refractivity contribution in [3.05, 3.63) is 17.9 Å². The number of hydrogen-bond donors (Lipinski definition) is 2. The van der Waals surface area contributed by atoms with Crippen molar-refractivity contribution in [2.45, 2.75) is 19.9 Å². The van der Waals surface area contributed by atoms with Crippen LogP contribution in [-0.2, 0) is 4.79 Å². The Morgan fingerprint density at radius 3 is 2.90 bits per heavy atom. The molecular formula is C10H13ClN8O. The second kappa shape index (κ2) is 6.24. The van der Waals surface area contributed by atoms with E-state index in [4.69, 9.17) is 11.6 Å². The van der Waals surface area contributed by atoms with Crippen LogP contribution in [0.5, 0.6) is 0 Å². The molecule has 20 heavy (non-hydrogen) atoms. The molecule has 2 aromatic rings. The molecule has 0 saturated heterocycles. The van der Waals surface area contributed by atoms with Gasteiger partial charge in [-0.25, -0.2) is 4.98 Å². The molecule has 10 heteroatoms. The van der Waals surface area contributed by atoms with Gasteiger partial charge in [0.2, 0.25) is 17.1 Å². The predicted molar refractivity (Wildman–Crippen MR) is 71.5 cm³/mol. The summed E-state index contributed by atoms with van der Waals surface area (Å²) in [7, 11) is 0. The summed E-state index contributed by atoms with van der Waals surface area (Å²) in [6.07, 6.45) is 2.78. The summed E-state index contributed by atoms with van der Waals surface area (Å²) in [6.45, 7) is 4.08. The molecule has 0 fully saturated rings. The molecule has 106 valence electrons. The number of nitrogens with one attached hydrogen (secondary N) is 2. The number of amides is 1. The van der Waals surface area contributed by atoms with Gasteiger partial charge in [0.1, 0.15) is 18.7 Å². The fourth-order valence-electron chi connectivity index (χ4n) is 1.40. The summed E-state index contributed by atoms with van der Waals surface area (Å²) in [5.41, 5.74) is 0. The van der Waals surface area contributed by atoms with Gasteiger partial charge in [0.05, 0.1) is 0 Å². The minimum atomic E-state index is -0.503. The fourth-order valence-corrected chi connectivity index (χ4v) is 1.56. The normalized spacial score (nSPS) is 11.9. The third kappa shape index (κ3) is 3.38. The van der Waals surface area contributed by atoms with E-state index in [0.29, 0.717) is 6.54 Å². The van der Waals surface area contributed by atoms with Crippen LogP contribution in [0.4, 0.5) is 5.95 Å². The molecule has 0 aliphatic carbocycles. The Kier molecular flexibility index (Phi) is 4.41. The van der Waals surface area contributed by atoms with Gasteiger partial charge in [0, 0.05) is 6.54 Å². The van der Waals surface area contributed by atoms with E-state index in [2.05, 4.69) is 35.7 Å². The molecule has 0 saturated carbocycles. The standard InChI is InChI=1S/C10H13ClN8O/c1-3-13-7(20)6(2)15-9-16-8(11)17-10(18-9)19-5-12-4-14-19/h4-6H,3H2,1-2H3,(H,13,20)(H,15,16,17,18). The van der Waals surface area contributed by atoms with Gasteiger partial charge >= 0.3 is 0 Å². The van der Waals surface area contributed by atoms with Gasteiger partial charge in [-0.2, -0.15) is 24.7 Å². The molecule has 0 radical (unpaired) electrons. The zero-order chi connectivity index (χ0) is 14.5. The fraction of sp³-hybridized carbons (Fsp3) is 0.400. The minimum absolute atomic E-state index is 0.00361. The third-order valence-corrected chi connectivity index (χ3v) is 2.48. The molecule has 1 atom stereocenters. The smallest absolute Gasteiger partial charge is 0.258 e. The second-order valence-electron chi connectivity index (χ2n) is 3.83. The quantitative estimate of drug-likeness (QED) is 0.801. The molecule has 0 aliphatic heterocycles. The van der Waals surface area contributed by atoms with Gasteiger partial charge in [-0.05, 0) is 25.4 Å². The van der Waals surface area contributed by atoms with Crippen LogP contribution in [0.1, 0.15) is 13.8 Å². The van der Waals surface area contributed by atoms with Gasteiger partial charge in [-0.3, -0.25) is 4.79 Å². The number of hydrogen-bond acceptors (Lipinski definition) is 7. The minimum Gasteiger partial charge on any atom is -0.355 e. The van der Waals surface area contributed by atoms with E-state index < -0.39 is 6.04 Å². The Morgan fingerprint density at radius 1 is 1.45 bits per heavy atom. The molecular weight excluding hydrogens is 284 g/mol. The molecule has 9 nitrogen and oxygen atoms in total. The van der Waals surface area contributed by atoms with Crippen molar-refractivity contribution in [2.75, 3.05) is 11.9 Å². The molecule has 0 spiro atoms. The average Bonchev–Trinajstić information content (AvgIpc) is 2.92. The van der Waals surface area contributed by atoms with E-state index >= 15 is 0 Å². The lowest BCUT2D eigenvalue weighted by molar-refractivity contribution is -0.121. The van der Waals surface area contributed by atoms with E-state index in [-0.39, 0.29) is 23.1 Å². The van der Waals surface area contributed by atoms with Crippen molar-refractivity contribution in [3.63, 3.8) is 0 Å². The summed E-state index contributed by atoms with van der Waals surface area (Å²) in [4.78, 5) is 27.4. The molecule has 1 amide bonds. The highest BCUT2D eigenvalue weighted by atomic mass is 35.5. The monoisotopic (exact) mass is 296 g/mol. The Labute approximate surface area is 119 Å². The van der Waals surface area contributed by atoms with E-state index in [1.807, 2.05) is 6.92 Å². The Bertz CT molecular complexity index is 587. The lowest BCUT2D eigenvalue weighted by Crippen LogP contribution is -2.37. The van der Waals surface area contributed by atoms with Gasteiger partial charge in [0.25, 0.3) is 5.95 Å². The lowest BCUT2D eigenvalue weighted by atomic mass is 10.3. The lowest BCUT2D eigenvalue weighted by Gasteiger charge is -2.13. The van der Waals surface area contributed by atoms with E-state index in [0.717, 1.165) is 0 Å². The number of halogens is 1. The van der Waals surface area contributed by atoms with Crippen LogP contribution in [0, 0.1) is 0 Å². The maximum atomic E-state index is 11.6. The van der Waals surface area contributed by atoms with Crippen molar-refractivity contribution in [2.24, 2.45) is 0 Å². The first kappa shape index (κ1) is 14.1. The summed E-state index contributed by atoms with van der Waals surface area (Å²) in [6, 6.07) is -0.503. The topological polar surface area (TPSA) is 111 Å². The Hall–Kier alpha value is -2.29. The largest absolute Gasteiger partial charge is 0.355 e. The zero-order valence-electron chi connectivity index (χ0n) is 10.9. The van der Waals surface area contributed by atoms with Crippen LogP contribution in [0.15, 0.2) is 12.7 Å². The first-order valence-electron chi connectivity index (χ1n) is 5.91. The summed E-state index contributed by atoms with van der Waals surface area (Å²) in [5.74, 6) is 0.244. The highest BCUT2D eigenvalue weighted by molar-refractivity contribution is 6.28. The SMILES string of the molecule is CCNC(=O)C(C)Nc1nc(Cl)nc(-n2cncn2)n1. The van der Waals surface area contributed by atoms with Gasteiger partial charge < -0.3 is 10.6 Å². The van der Waals surface area contributed by atoms with Crippen molar-refractivity contribution < 1.29 is 4.79 Å². The molecule has 2 N–H and O–H groups in total. The zero-order valence-corrected chi connectivity index (χ0v) is 11.7. The maximum Gasteiger partial charge on any atom is 0.258 e. The van der Waals surface area contributed by atoms with Crippen LogP contribution < -0.4 is 10.6 Å². The highest BCUT2D eigenvalue weighted by Gasteiger charge is 2.14. The third-order valence-electron chi connectivity index (χ3n) is 2.31. The predicted octanol–water partition coefficient (Wildman–Crippen LogP) is 0.0422. The van der Waals surface area contributed by atoms with Crippen molar-refractivity contribution in [3.8, 4) is 5.95 Å². The molecule has 0 bridgehead atoms. The summed E-state index contributed by atoms with van der Waals surface area (Å²) >= 11 is 5.83. The second-order valence-corrected chi connectivity index (χ2v) is 4.17. The van der Waals surface area contributed by atoms with E-state index in [1.165, 1.54) is 17.3 Å².